The van der Waals surface area contributed by atoms with Gasteiger partial charge in [-0.3, -0.25) is 4.90 Å². The normalized spacial score (nSPS) is 12.9. The highest BCUT2D eigenvalue weighted by Crippen LogP contribution is 2.17. The topological polar surface area (TPSA) is 21.1 Å². The van der Waals surface area contributed by atoms with Crippen molar-refractivity contribution in [3.05, 3.63) is 54.6 Å². The van der Waals surface area contributed by atoms with Crippen LogP contribution >= 0.6 is 0 Å². The Hall–Kier alpha value is -1.61. The van der Waals surface area contributed by atoms with Crippen LogP contribution in [0.25, 0.3) is 0 Å². The van der Waals surface area contributed by atoms with Gasteiger partial charge in [-0.2, -0.15) is 0 Å². The number of hydrogen-bond acceptors (Lipinski definition) is 2. The molecule has 0 fully saturated rings. The fourth-order valence-electron chi connectivity index (χ4n) is 2.17. The Morgan fingerprint density at radius 3 is 2.65 bits per heavy atom. The van der Waals surface area contributed by atoms with Gasteiger partial charge in [0.1, 0.15) is 0 Å². The lowest BCUT2D eigenvalue weighted by Crippen LogP contribution is -2.27. The van der Waals surface area contributed by atoms with E-state index >= 15 is 0 Å². The Balaban J connectivity index is 2.06. The monoisotopic (exact) mass is 229 g/mol. The van der Waals surface area contributed by atoms with Gasteiger partial charge in [-0.25, -0.2) is 4.98 Å². The maximum Gasteiger partial charge on any atom is 0.0959 e. The molecular formula is C14H19N3. The zero-order valence-electron chi connectivity index (χ0n) is 10.5. The molecule has 1 atom stereocenters. The van der Waals surface area contributed by atoms with Gasteiger partial charge < -0.3 is 4.57 Å². The molecule has 0 spiro atoms. The van der Waals surface area contributed by atoms with E-state index in [1.165, 1.54) is 5.56 Å². The van der Waals surface area contributed by atoms with Crippen LogP contribution in [0.2, 0.25) is 0 Å². The molecule has 90 valence electrons. The van der Waals surface area contributed by atoms with Gasteiger partial charge >= 0.3 is 0 Å². The van der Waals surface area contributed by atoms with Crippen LogP contribution in [0.5, 0.6) is 0 Å². The van der Waals surface area contributed by atoms with Crippen molar-refractivity contribution in [1.82, 2.24) is 14.5 Å². The number of hydrogen-bond donors (Lipinski definition) is 0. The minimum absolute atomic E-state index is 0.373. The third-order valence-electron chi connectivity index (χ3n) is 3.02. The molecule has 0 saturated heterocycles. The molecule has 0 amide bonds. The number of aromatic nitrogens is 2. The summed E-state index contributed by atoms with van der Waals surface area (Å²) < 4.78 is 2.16. The zero-order valence-corrected chi connectivity index (χ0v) is 10.5. The van der Waals surface area contributed by atoms with Gasteiger partial charge in [0.2, 0.25) is 0 Å². The maximum atomic E-state index is 4.12. The molecular weight excluding hydrogens is 210 g/mol. The summed E-state index contributed by atoms with van der Waals surface area (Å²) in [5.41, 5.74) is 1.34. The summed E-state index contributed by atoms with van der Waals surface area (Å²) in [6.07, 6.45) is 7.18. The zero-order chi connectivity index (χ0) is 12.1. The van der Waals surface area contributed by atoms with Crippen molar-refractivity contribution < 1.29 is 0 Å². The first-order valence-electron chi connectivity index (χ1n) is 6.03. The summed E-state index contributed by atoms with van der Waals surface area (Å²) in [6.45, 7) is 3.16. The van der Waals surface area contributed by atoms with Gasteiger partial charge in [0.25, 0.3) is 0 Å². The number of nitrogens with zero attached hydrogens (tertiary/aromatic N) is 3. The van der Waals surface area contributed by atoms with Gasteiger partial charge in [-0.15, -0.1) is 0 Å². The molecule has 3 nitrogen and oxygen atoms in total. The van der Waals surface area contributed by atoms with Crippen LogP contribution in [-0.4, -0.2) is 21.5 Å². The molecule has 0 aliphatic carbocycles. The number of benzene rings is 1. The van der Waals surface area contributed by atoms with Crippen molar-refractivity contribution in [3.8, 4) is 0 Å². The van der Waals surface area contributed by atoms with Crippen molar-refractivity contribution in [2.45, 2.75) is 26.1 Å². The average molecular weight is 229 g/mol. The molecule has 0 N–H and O–H groups in total. The van der Waals surface area contributed by atoms with Crippen molar-refractivity contribution in [3.63, 3.8) is 0 Å². The van der Waals surface area contributed by atoms with E-state index in [0.717, 1.165) is 13.0 Å². The average Bonchev–Trinajstić information content (AvgIpc) is 2.85. The number of rotatable bonds is 5. The van der Waals surface area contributed by atoms with Crippen LogP contribution in [-0.2, 0) is 6.54 Å². The van der Waals surface area contributed by atoms with Gasteiger partial charge in [0.15, 0.2) is 0 Å². The highest BCUT2D eigenvalue weighted by atomic mass is 15.3. The lowest BCUT2D eigenvalue weighted by molar-refractivity contribution is 0.163. The van der Waals surface area contributed by atoms with E-state index < -0.39 is 0 Å². The van der Waals surface area contributed by atoms with E-state index in [1.807, 2.05) is 18.7 Å². The van der Waals surface area contributed by atoms with E-state index in [-0.39, 0.29) is 0 Å². The molecule has 1 unspecified atom stereocenters. The second-order valence-electron chi connectivity index (χ2n) is 4.30. The fourth-order valence-corrected chi connectivity index (χ4v) is 2.17. The second-order valence-corrected chi connectivity index (χ2v) is 4.30. The number of imidazole rings is 1. The van der Waals surface area contributed by atoms with E-state index in [0.29, 0.717) is 6.17 Å². The van der Waals surface area contributed by atoms with Crippen LogP contribution in [0.4, 0.5) is 0 Å². The predicted molar refractivity (Wildman–Crippen MR) is 69.5 cm³/mol. The molecule has 2 rings (SSSR count). The van der Waals surface area contributed by atoms with E-state index in [1.54, 1.807) is 0 Å². The van der Waals surface area contributed by atoms with Crippen LogP contribution < -0.4 is 0 Å². The molecule has 0 aliphatic rings. The summed E-state index contributed by atoms with van der Waals surface area (Å²) in [6, 6.07) is 10.5. The van der Waals surface area contributed by atoms with E-state index in [9.17, 15) is 0 Å². The fraction of sp³-hybridized carbons (Fsp3) is 0.357. The highest BCUT2D eigenvalue weighted by molar-refractivity contribution is 5.14. The summed E-state index contributed by atoms with van der Waals surface area (Å²) in [4.78, 5) is 6.46. The van der Waals surface area contributed by atoms with Gasteiger partial charge in [-0.05, 0) is 19.0 Å². The van der Waals surface area contributed by atoms with Gasteiger partial charge in [0, 0.05) is 18.9 Å². The summed E-state index contributed by atoms with van der Waals surface area (Å²) >= 11 is 0. The first kappa shape index (κ1) is 11.9. The van der Waals surface area contributed by atoms with Crippen molar-refractivity contribution in [2.24, 2.45) is 0 Å². The molecule has 17 heavy (non-hydrogen) atoms. The largest absolute Gasteiger partial charge is 0.321 e. The Labute approximate surface area is 103 Å². The third-order valence-corrected chi connectivity index (χ3v) is 3.02. The highest BCUT2D eigenvalue weighted by Gasteiger charge is 2.13. The van der Waals surface area contributed by atoms with Crippen LogP contribution in [0.15, 0.2) is 49.1 Å². The molecule has 1 aromatic heterocycles. The van der Waals surface area contributed by atoms with Crippen LogP contribution in [0.3, 0.4) is 0 Å². The van der Waals surface area contributed by atoms with Crippen LogP contribution in [0.1, 0.15) is 25.1 Å². The van der Waals surface area contributed by atoms with Crippen molar-refractivity contribution in [2.75, 3.05) is 7.05 Å². The molecule has 0 saturated carbocycles. The first-order valence-corrected chi connectivity index (χ1v) is 6.03. The second kappa shape index (κ2) is 5.64. The predicted octanol–water partition coefficient (Wildman–Crippen LogP) is 2.92. The first-order chi connectivity index (χ1) is 8.31. The lowest BCUT2D eigenvalue weighted by Gasteiger charge is -2.28. The molecule has 1 heterocycles. The third kappa shape index (κ3) is 2.94. The Bertz CT molecular complexity index is 422. The minimum atomic E-state index is 0.373. The van der Waals surface area contributed by atoms with Crippen molar-refractivity contribution >= 4 is 0 Å². The van der Waals surface area contributed by atoms with E-state index in [2.05, 4.69) is 58.8 Å². The summed E-state index contributed by atoms with van der Waals surface area (Å²) in [5.74, 6) is 0. The SMILES string of the molecule is CCC(N(C)Cc1ccccc1)n1ccnc1. The standard InChI is InChI=1S/C14H19N3/c1-3-14(17-10-9-15-12-17)16(2)11-13-7-5-4-6-8-13/h4-10,12,14H,3,11H2,1-2H3. The summed E-state index contributed by atoms with van der Waals surface area (Å²) in [5, 5.41) is 0. The Kier molecular flexibility index (Phi) is 3.94. The molecule has 2 aromatic rings. The Morgan fingerprint density at radius 1 is 1.29 bits per heavy atom. The maximum absolute atomic E-state index is 4.12. The minimum Gasteiger partial charge on any atom is -0.321 e. The van der Waals surface area contributed by atoms with Gasteiger partial charge in [-0.1, -0.05) is 37.3 Å². The molecule has 3 heteroatoms. The summed E-state index contributed by atoms with van der Waals surface area (Å²) in [7, 11) is 2.15. The smallest absolute Gasteiger partial charge is 0.0959 e. The Morgan fingerprint density at radius 2 is 2.06 bits per heavy atom. The molecule has 1 aromatic carbocycles. The van der Waals surface area contributed by atoms with Gasteiger partial charge in [0.05, 0.1) is 12.5 Å². The molecule has 0 aliphatic heterocycles. The van der Waals surface area contributed by atoms with E-state index in [4.69, 9.17) is 0 Å². The molecule has 0 bridgehead atoms. The molecule has 0 radical (unpaired) electrons. The van der Waals surface area contributed by atoms with Crippen LogP contribution in [0, 0.1) is 0 Å². The quantitative estimate of drug-likeness (QED) is 0.786. The van der Waals surface area contributed by atoms with Crippen molar-refractivity contribution in [1.29, 1.82) is 0 Å². The lowest BCUT2D eigenvalue weighted by atomic mass is 10.2.